The molecule has 1 heterocycles. The number of aliphatic hydroxyl groups excluding tert-OH is 1. The lowest BCUT2D eigenvalue weighted by Crippen LogP contribution is -2.32. The van der Waals surface area contributed by atoms with Crippen LogP contribution < -0.4 is 14.2 Å². The molecule has 0 aromatic heterocycles. The third kappa shape index (κ3) is 5.65. The third-order valence-electron chi connectivity index (χ3n) is 6.36. The molecule has 1 saturated heterocycles. The minimum Gasteiger partial charge on any atom is -0.507 e. The smallest absolute Gasteiger partial charge is 0.295 e. The normalized spacial score (nSPS) is 16.7. The molecule has 1 amide bonds. The maximum atomic E-state index is 13.4. The zero-order valence-corrected chi connectivity index (χ0v) is 22.0. The van der Waals surface area contributed by atoms with Crippen LogP contribution in [0.25, 0.3) is 5.76 Å². The summed E-state index contributed by atoms with van der Waals surface area (Å²) in [5, 5.41) is 11.5. The van der Waals surface area contributed by atoms with Gasteiger partial charge in [0.2, 0.25) is 0 Å². The lowest BCUT2D eigenvalue weighted by atomic mass is 9.94. The van der Waals surface area contributed by atoms with Crippen molar-refractivity contribution in [3.63, 3.8) is 0 Å². The molecule has 1 unspecified atom stereocenters. The van der Waals surface area contributed by atoms with Crippen LogP contribution in [0.1, 0.15) is 23.6 Å². The van der Waals surface area contributed by atoms with Gasteiger partial charge in [-0.2, -0.15) is 0 Å². The van der Waals surface area contributed by atoms with E-state index in [1.165, 1.54) is 19.1 Å². The van der Waals surface area contributed by atoms with E-state index in [1.807, 2.05) is 61.5 Å². The Hall–Kier alpha value is -4.30. The quantitative estimate of drug-likeness (QED) is 0.234. The topological polar surface area (TPSA) is 88.5 Å². The number of Topliss-reactive ketones (excluding diaryl/α,β-unsaturated/α-hetero) is 1. The molecule has 8 heteroatoms. The van der Waals surface area contributed by atoms with Crippen molar-refractivity contribution in [2.24, 2.45) is 0 Å². The molecule has 1 aliphatic heterocycles. The Morgan fingerprint density at radius 1 is 0.895 bits per heavy atom. The van der Waals surface area contributed by atoms with Crippen LogP contribution in [0, 0.1) is 0 Å². The molecule has 198 valence electrons. The van der Waals surface area contributed by atoms with E-state index < -0.39 is 17.7 Å². The van der Waals surface area contributed by atoms with Gasteiger partial charge >= 0.3 is 0 Å². The molecule has 1 atom stereocenters. The van der Waals surface area contributed by atoms with E-state index >= 15 is 0 Å². The van der Waals surface area contributed by atoms with Gasteiger partial charge in [0, 0.05) is 12.6 Å². The van der Waals surface area contributed by atoms with Crippen LogP contribution in [-0.4, -0.2) is 68.0 Å². The summed E-state index contributed by atoms with van der Waals surface area (Å²) in [5.41, 5.74) is 0.943. The van der Waals surface area contributed by atoms with E-state index in [0.717, 1.165) is 6.54 Å². The van der Waals surface area contributed by atoms with Gasteiger partial charge in [-0.15, -0.1) is 0 Å². The molecular weight excluding hydrogens is 484 g/mol. The highest BCUT2D eigenvalue weighted by Crippen LogP contribution is 2.42. The van der Waals surface area contributed by atoms with E-state index in [2.05, 4.69) is 0 Å². The number of rotatable bonds is 10. The Morgan fingerprint density at radius 2 is 1.63 bits per heavy atom. The standard InChI is InChI=1S/C30H32N2O6/c1-31(2)16-9-17-32-27(20-10-8-13-23(18-20)38-21-11-6-5-7-12-21)26(29(34)30(32)35)28(33)24-15-14-22(36-3)19-25(24)37-4/h5-8,10-15,18-19,27,33H,9,16-17H2,1-4H3/b28-26+. The summed E-state index contributed by atoms with van der Waals surface area (Å²) in [6.45, 7) is 1.08. The van der Waals surface area contributed by atoms with Gasteiger partial charge in [-0.1, -0.05) is 30.3 Å². The SMILES string of the molecule is COc1ccc(/C(O)=C2\C(=O)C(=O)N(CCCN(C)C)C2c2cccc(Oc3ccccc3)c2)c(OC)c1. The van der Waals surface area contributed by atoms with Gasteiger partial charge in [0.15, 0.2) is 0 Å². The number of ketones is 1. The summed E-state index contributed by atoms with van der Waals surface area (Å²) < 4.78 is 16.7. The van der Waals surface area contributed by atoms with Crippen molar-refractivity contribution in [1.82, 2.24) is 9.80 Å². The Morgan fingerprint density at radius 3 is 2.32 bits per heavy atom. The molecule has 3 aromatic carbocycles. The van der Waals surface area contributed by atoms with Gasteiger partial charge in [0.1, 0.15) is 28.8 Å². The van der Waals surface area contributed by atoms with Crippen LogP contribution in [-0.2, 0) is 9.59 Å². The van der Waals surface area contributed by atoms with Crippen molar-refractivity contribution in [1.29, 1.82) is 0 Å². The van der Waals surface area contributed by atoms with Crippen molar-refractivity contribution < 1.29 is 28.9 Å². The molecule has 0 saturated carbocycles. The molecule has 0 aliphatic carbocycles. The predicted molar refractivity (Wildman–Crippen MR) is 145 cm³/mol. The van der Waals surface area contributed by atoms with Gasteiger partial charge in [0.25, 0.3) is 11.7 Å². The minimum absolute atomic E-state index is 0.000168. The van der Waals surface area contributed by atoms with Crippen molar-refractivity contribution in [2.75, 3.05) is 41.4 Å². The summed E-state index contributed by atoms with van der Waals surface area (Å²) >= 11 is 0. The van der Waals surface area contributed by atoms with Gasteiger partial charge in [-0.3, -0.25) is 9.59 Å². The van der Waals surface area contributed by atoms with Crippen molar-refractivity contribution >= 4 is 17.4 Å². The second-order valence-electron chi connectivity index (χ2n) is 9.20. The highest BCUT2D eigenvalue weighted by Gasteiger charge is 2.46. The molecule has 3 aromatic rings. The molecule has 38 heavy (non-hydrogen) atoms. The Kier molecular flexibility index (Phi) is 8.33. The zero-order chi connectivity index (χ0) is 27.2. The highest BCUT2D eigenvalue weighted by molar-refractivity contribution is 6.46. The first kappa shape index (κ1) is 26.8. The predicted octanol–water partition coefficient (Wildman–Crippen LogP) is 4.87. The molecule has 0 radical (unpaired) electrons. The lowest BCUT2D eigenvalue weighted by molar-refractivity contribution is -0.139. The zero-order valence-electron chi connectivity index (χ0n) is 22.0. The summed E-state index contributed by atoms with van der Waals surface area (Å²) in [6.07, 6.45) is 0.655. The summed E-state index contributed by atoms with van der Waals surface area (Å²) in [5.74, 6) is 0.354. The molecule has 1 N–H and O–H groups in total. The molecule has 4 rings (SSSR count). The highest BCUT2D eigenvalue weighted by atomic mass is 16.5. The van der Waals surface area contributed by atoms with E-state index in [1.54, 1.807) is 30.3 Å². The largest absolute Gasteiger partial charge is 0.507 e. The van der Waals surface area contributed by atoms with Gasteiger partial charge in [0.05, 0.1) is 31.4 Å². The van der Waals surface area contributed by atoms with Crippen LogP contribution in [0.5, 0.6) is 23.0 Å². The average molecular weight is 517 g/mol. The summed E-state index contributed by atoms with van der Waals surface area (Å²) in [4.78, 5) is 30.2. The number of amides is 1. The number of likely N-dealkylation sites (tertiary alicyclic amines) is 1. The molecular formula is C30H32N2O6. The second-order valence-corrected chi connectivity index (χ2v) is 9.20. The number of ether oxygens (including phenoxy) is 3. The van der Waals surface area contributed by atoms with Gasteiger partial charge in [-0.05, 0) is 69.0 Å². The average Bonchev–Trinajstić information content (AvgIpc) is 3.18. The second kappa shape index (κ2) is 11.8. The van der Waals surface area contributed by atoms with E-state index in [4.69, 9.17) is 14.2 Å². The number of para-hydroxylation sites is 1. The maximum Gasteiger partial charge on any atom is 0.295 e. The lowest BCUT2D eigenvalue weighted by Gasteiger charge is -2.26. The van der Waals surface area contributed by atoms with Crippen molar-refractivity contribution in [2.45, 2.75) is 12.5 Å². The van der Waals surface area contributed by atoms with Gasteiger partial charge in [-0.25, -0.2) is 0 Å². The molecule has 1 fully saturated rings. The Labute approximate surface area is 222 Å². The van der Waals surface area contributed by atoms with Crippen LogP contribution in [0.4, 0.5) is 0 Å². The van der Waals surface area contributed by atoms with Crippen LogP contribution in [0.15, 0.2) is 78.4 Å². The van der Waals surface area contributed by atoms with Gasteiger partial charge < -0.3 is 29.1 Å². The Balaban J connectivity index is 1.81. The van der Waals surface area contributed by atoms with Crippen LogP contribution >= 0.6 is 0 Å². The number of benzene rings is 3. The fourth-order valence-electron chi connectivity index (χ4n) is 4.53. The maximum absolute atomic E-state index is 13.4. The van der Waals surface area contributed by atoms with E-state index in [0.29, 0.717) is 47.1 Å². The number of hydrogen-bond donors (Lipinski definition) is 1. The number of hydrogen-bond acceptors (Lipinski definition) is 7. The van der Waals surface area contributed by atoms with Crippen LogP contribution in [0.3, 0.4) is 0 Å². The first-order valence-electron chi connectivity index (χ1n) is 12.3. The summed E-state index contributed by atoms with van der Waals surface area (Å²) in [7, 11) is 6.89. The first-order valence-corrected chi connectivity index (χ1v) is 12.3. The summed E-state index contributed by atoms with van der Waals surface area (Å²) in [6, 6.07) is 20.7. The number of carbonyl (C=O) groups excluding carboxylic acids is 2. The fourth-order valence-corrected chi connectivity index (χ4v) is 4.53. The molecule has 0 spiro atoms. The Bertz CT molecular complexity index is 1340. The first-order chi connectivity index (χ1) is 18.3. The number of nitrogens with zero attached hydrogens (tertiary/aromatic N) is 2. The van der Waals surface area contributed by atoms with E-state index in [9.17, 15) is 14.7 Å². The minimum atomic E-state index is -0.803. The van der Waals surface area contributed by atoms with Crippen molar-refractivity contribution in [3.8, 4) is 23.0 Å². The number of methoxy groups -OCH3 is 2. The van der Waals surface area contributed by atoms with Crippen LogP contribution in [0.2, 0.25) is 0 Å². The third-order valence-corrected chi connectivity index (χ3v) is 6.36. The number of carbonyl (C=O) groups is 2. The fraction of sp³-hybridized carbons (Fsp3) is 0.267. The monoisotopic (exact) mass is 516 g/mol. The molecule has 0 bridgehead atoms. The van der Waals surface area contributed by atoms with E-state index in [-0.39, 0.29) is 11.3 Å². The molecule has 1 aliphatic rings. The molecule has 8 nitrogen and oxygen atoms in total. The van der Waals surface area contributed by atoms with Crippen molar-refractivity contribution in [3.05, 3.63) is 89.5 Å². The number of aliphatic hydroxyl groups is 1.